The molecule has 1 aromatic rings. The zero-order valence-electron chi connectivity index (χ0n) is 12.1. The van der Waals surface area contributed by atoms with Crippen LogP contribution in [0.3, 0.4) is 0 Å². The van der Waals surface area contributed by atoms with Crippen molar-refractivity contribution < 1.29 is 18.0 Å². The smallest absolute Gasteiger partial charge is 0.249 e. The minimum Gasteiger partial charge on any atom is -0.272 e. The fourth-order valence-corrected chi connectivity index (χ4v) is 4.64. The second kappa shape index (κ2) is 4.78. The maximum Gasteiger partial charge on any atom is 0.249 e. The summed E-state index contributed by atoms with van der Waals surface area (Å²) in [6.45, 7) is 1.14. The summed E-state index contributed by atoms with van der Waals surface area (Å²) in [5.41, 5.74) is -0.645. The molecule has 0 N–H and O–H groups in total. The maximum absolute atomic E-state index is 12.5. The van der Waals surface area contributed by atoms with Crippen LogP contribution in [-0.4, -0.2) is 48.9 Å². The Labute approximate surface area is 129 Å². The van der Waals surface area contributed by atoms with Crippen LogP contribution in [0.5, 0.6) is 0 Å². The number of nitrogens with zero attached hydrogens (tertiary/aromatic N) is 2. The van der Waals surface area contributed by atoms with Crippen LogP contribution in [0.25, 0.3) is 0 Å². The number of rotatable bonds is 4. The third kappa shape index (κ3) is 2.33. The molecule has 0 unspecified atom stereocenters. The lowest BCUT2D eigenvalue weighted by Gasteiger charge is -2.44. The molecule has 6 nitrogen and oxygen atoms in total. The molecular weight excluding hydrogens is 304 g/mol. The van der Waals surface area contributed by atoms with Gasteiger partial charge < -0.3 is 0 Å². The van der Waals surface area contributed by atoms with Crippen molar-refractivity contribution in [2.24, 2.45) is 5.92 Å². The Bertz CT molecular complexity index is 694. The molecule has 22 heavy (non-hydrogen) atoms. The molecule has 1 spiro atoms. The van der Waals surface area contributed by atoms with Gasteiger partial charge in [0, 0.05) is 13.1 Å². The van der Waals surface area contributed by atoms with E-state index < -0.39 is 15.6 Å². The van der Waals surface area contributed by atoms with Gasteiger partial charge in [-0.15, -0.1) is 0 Å². The molecule has 1 aromatic carbocycles. The van der Waals surface area contributed by atoms with Crippen molar-refractivity contribution in [3.63, 3.8) is 0 Å². The molecule has 7 heteroatoms. The summed E-state index contributed by atoms with van der Waals surface area (Å²) >= 11 is 0. The van der Waals surface area contributed by atoms with E-state index in [1.165, 1.54) is 9.37 Å². The molecule has 3 fully saturated rings. The average Bonchev–Trinajstić information content (AvgIpc) is 3.21. The predicted molar refractivity (Wildman–Crippen MR) is 78.1 cm³/mol. The van der Waals surface area contributed by atoms with Crippen LogP contribution in [0.4, 0.5) is 0 Å². The zero-order chi connectivity index (χ0) is 15.4. The first kappa shape index (κ1) is 14.2. The average molecular weight is 322 g/mol. The number of sulfonamides is 1. The number of amides is 1. The van der Waals surface area contributed by atoms with Gasteiger partial charge in [0.05, 0.1) is 17.9 Å². The van der Waals surface area contributed by atoms with E-state index in [1.807, 2.05) is 0 Å². The highest BCUT2D eigenvalue weighted by atomic mass is 32.2. The van der Waals surface area contributed by atoms with Crippen LogP contribution in [0.2, 0.25) is 0 Å². The van der Waals surface area contributed by atoms with E-state index in [4.69, 9.17) is 4.84 Å². The molecule has 1 amide bonds. The van der Waals surface area contributed by atoms with Crippen LogP contribution >= 0.6 is 0 Å². The van der Waals surface area contributed by atoms with Crippen molar-refractivity contribution in [3.05, 3.63) is 30.3 Å². The van der Waals surface area contributed by atoms with Gasteiger partial charge in [0.1, 0.15) is 5.60 Å². The number of carbonyl (C=O) groups excluding carboxylic acids is 1. The van der Waals surface area contributed by atoms with Gasteiger partial charge in [-0.2, -0.15) is 4.31 Å². The van der Waals surface area contributed by atoms with E-state index in [0.717, 1.165) is 12.8 Å². The Morgan fingerprint density at radius 2 is 1.86 bits per heavy atom. The molecule has 3 aliphatic rings. The van der Waals surface area contributed by atoms with Crippen molar-refractivity contribution in [1.29, 1.82) is 0 Å². The van der Waals surface area contributed by atoms with Gasteiger partial charge in [0.25, 0.3) is 0 Å². The highest BCUT2D eigenvalue weighted by Crippen LogP contribution is 2.40. The van der Waals surface area contributed by atoms with Crippen molar-refractivity contribution in [2.75, 3.05) is 19.6 Å². The lowest BCUT2D eigenvalue weighted by atomic mass is 9.94. The van der Waals surface area contributed by atoms with Gasteiger partial charge in [-0.3, -0.25) is 9.63 Å². The van der Waals surface area contributed by atoms with Gasteiger partial charge in [-0.1, -0.05) is 18.2 Å². The summed E-state index contributed by atoms with van der Waals surface area (Å²) in [5.74, 6) is 0.534. The normalized spacial score (nSPS) is 24.7. The van der Waals surface area contributed by atoms with E-state index in [-0.39, 0.29) is 30.3 Å². The van der Waals surface area contributed by atoms with Crippen LogP contribution in [0.15, 0.2) is 35.2 Å². The molecule has 1 aliphatic carbocycles. The Balaban J connectivity index is 1.44. The highest BCUT2D eigenvalue weighted by molar-refractivity contribution is 7.89. The van der Waals surface area contributed by atoms with Gasteiger partial charge in [-0.05, 0) is 30.9 Å². The Hall–Kier alpha value is -1.44. The molecule has 0 bridgehead atoms. The monoisotopic (exact) mass is 322 g/mol. The van der Waals surface area contributed by atoms with E-state index in [2.05, 4.69) is 0 Å². The summed E-state index contributed by atoms with van der Waals surface area (Å²) in [6.07, 6.45) is 2.57. The van der Waals surface area contributed by atoms with Crippen molar-refractivity contribution in [1.82, 2.24) is 9.37 Å². The lowest BCUT2D eigenvalue weighted by Crippen LogP contribution is -2.63. The van der Waals surface area contributed by atoms with Gasteiger partial charge in [0.2, 0.25) is 15.9 Å². The zero-order valence-corrected chi connectivity index (χ0v) is 13.0. The Morgan fingerprint density at radius 1 is 1.18 bits per heavy atom. The second-order valence-corrected chi connectivity index (χ2v) is 8.37. The Morgan fingerprint density at radius 3 is 2.50 bits per heavy atom. The third-order valence-corrected chi connectivity index (χ3v) is 6.29. The van der Waals surface area contributed by atoms with Crippen molar-refractivity contribution >= 4 is 15.9 Å². The molecule has 1 saturated carbocycles. The Kier molecular flexibility index (Phi) is 3.08. The predicted octanol–water partition coefficient (Wildman–Crippen LogP) is 1.00. The number of hydrogen-bond donors (Lipinski definition) is 0. The standard InChI is InChI=1S/C15H18N2O4S/c18-14-8-15(21-17(14)9-12-6-7-12)10-16(11-15)22(19,20)13-4-2-1-3-5-13/h1-5,12H,6-11H2. The minimum atomic E-state index is -3.49. The summed E-state index contributed by atoms with van der Waals surface area (Å²) in [7, 11) is -3.49. The number of carbonyl (C=O) groups is 1. The molecule has 2 saturated heterocycles. The maximum atomic E-state index is 12.5. The molecule has 2 aliphatic heterocycles. The fraction of sp³-hybridized carbons (Fsp3) is 0.533. The molecule has 4 rings (SSSR count). The van der Waals surface area contributed by atoms with Crippen molar-refractivity contribution in [3.8, 4) is 0 Å². The second-order valence-electron chi connectivity index (χ2n) is 6.44. The first-order valence-corrected chi connectivity index (χ1v) is 8.97. The number of benzene rings is 1. The van der Waals surface area contributed by atoms with Gasteiger partial charge in [0.15, 0.2) is 0 Å². The summed E-state index contributed by atoms with van der Waals surface area (Å²) < 4.78 is 26.3. The van der Waals surface area contributed by atoms with E-state index in [1.54, 1.807) is 30.3 Å². The van der Waals surface area contributed by atoms with E-state index in [0.29, 0.717) is 12.5 Å². The van der Waals surface area contributed by atoms with Crippen LogP contribution in [0.1, 0.15) is 19.3 Å². The fourth-order valence-electron chi connectivity index (χ4n) is 3.03. The van der Waals surface area contributed by atoms with Gasteiger partial charge >= 0.3 is 0 Å². The minimum absolute atomic E-state index is 0.0244. The molecule has 0 aromatic heterocycles. The molecule has 118 valence electrons. The van der Waals surface area contributed by atoms with Crippen LogP contribution in [-0.2, 0) is 19.7 Å². The van der Waals surface area contributed by atoms with Gasteiger partial charge in [-0.25, -0.2) is 13.5 Å². The summed E-state index contributed by atoms with van der Waals surface area (Å²) in [5, 5.41) is 1.45. The van der Waals surface area contributed by atoms with Crippen LogP contribution < -0.4 is 0 Å². The third-order valence-electron chi connectivity index (χ3n) is 4.49. The highest BCUT2D eigenvalue weighted by Gasteiger charge is 2.57. The molecule has 0 atom stereocenters. The number of hydroxylamine groups is 2. The number of hydrogen-bond acceptors (Lipinski definition) is 4. The lowest BCUT2D eigenvalue weighted by molar-refractivity contribution is -0.225. The molecule has 0 radical (unpaired) electrons. The SMILES string of the molecule is O=C1CC2(CN(S(=O)(=O)c3ccccc3)C2)ON1CC1CC1. The summed E-state index contributed by atoms with van der Waals surface area (Å²) in [6, 6.07) is 8.36. The molecular formula is C15H18N2O4S. The summed E-state index contributed by atoms with van der Waals surface area (Å²) in [4.78, 5) is 18.1. The van der Waals surface area contributed by atoms with Crippen molar-refractivity contribution in [2.45, 2.75) is 29.8 Å². The van der Waals surface area contributed by atoms with E-state index >= 15 is 0 Å². The quantitative estimate of drug-likeness (QED) is 0.829. The largest absolute Gasteiger partial charge is 0.272 e. The first-order chi connectivity index (χ1) is 10.5. The molecule has 2 heterocycles. The van der Waals surface area contributed by atoms with E-state index in [9.17, 15) is 13.2 Å². The van der Waals surface area contributed by atoms with Crippen LogP contribution in [0, 0.1) is 5.92 Å². The first-order valence-electron chi connectivity index (χ1n) is 7.53. The topological polar surface area (TPSA) is 66.9 Å².